The fourth-order valence-corrected chi connectivity index (χ4v) is 2.31. The van der Waals surface area contributed by atoms with Crippen LogP contribution in [0.5, 0.6) is 0 Å². The van der Waals surface area contributed by atoms with Gasteiger partial charge in [0.15, 0.2) is 0 Å². The number of nitrogens with one attached hydrogen (secondary N) is 2. The third kappa shape index (κ3) is 5.77. The van der Waals surface area contributed by atoms with E-state index in [0.717, 1.165) is 6.26 Å². The fraction of sp³-hybridized carbons (Fsp3) is 0.417. The highest BCUT2D eigenvalue weighted by Gasteiger charge is 2.11. The molecule has 0 bridgehead atoms. The Morgan fingerprint density at radius 1 is 1.40 bits per heavy atom. The highest BCUT2D eigenvalue weighted by Crippen LogP contribution is 2.21. The maximum atomic E-state index is 11.9. The molecule has 8 heteroatoms. The first-order valence-electron chi connectivity index (χ1n) is 5.88. The molecule has 1 aromatic carbocycles. The van der Waals surface area contributed by atoms with Gasteiger partial charge in [-0.15, -0.1) is 0 Å². The number of rotatable bonds is 7. The second-order valence-electron chi connectivity index (χ2n) is 4.17. The predicted molar refractivity (Wildman–Crippen MR) is 78.7 cm³/mol. The summed E-state index contributed by atoms with van der Waals surface area (Å²) in [4.78, 5) is 11.9. The lowest BCUT2D eigenvalue weighted by atomic mass is 10.2. The molecule has 1 amide bonds. The van der Waals surface area contributed by atoms with E-state index in [1.54, 1.807) is 7.11 Å². The van der Waals surface area contributed by atoms with Crippen LogP contribution in [0.15, 0.2) is 18.2 Å². The van der Waals surface area contributed by atoms with E-state index in [9.17, 15) is 13.2 Å². The van der Waals surface area contributed by atoms with Crippen LogP contribution in [0.25, 0.3) is 0 Å². The van der Waals surface area contributed by atoms with Crippen LogP contribution in [-0.4, -0.2) is 40.8 Å². The normalized spacial score (nSPS) is 11.2. The van der Waals surface area contributed by atoms with Crippen LogP contribution in [0.2, 0.25) is 5.02 Å². The van der Waals surface area contributed by atoms with Crippen molar-refractivity contribution in [2.75, 3.05) is 31.2 Å². The summed E-state index contributed by atoms with van der Waals surface area (Å²) in [6.07, 6.45) is 1.74. The van der Waals surface area contributed by atoms with E-state index in [1.807, 2.05) is 0 Å². The molecule has 0 unspecified atom stereocenters. The van der Waals surface area contributed by atoms with Gasteiger partial charge in [-0.3, -0.25) is 9.52 Å². The van der Waals surface area contributed by atoms with Crippen LogP contribution in [0, 0.1) is 0 Å². The second-order valence-corrected chi connectivity index (χ2v) is 6.33. The summed E-state index contributed by atoms with van der Waals surface area (Å²) < 4.78 is 29.3. The molecule has 1 aromatic rings. The van der Waals surface area contributed by atoms with Gasteiger partial charge in [0, 0.05) is 25.9 Å². The van der Waals surface area contributed by atoms with Gasteiger partial charge in [-0.2, -0.15) is 0 Å². The number of carbonyl (C=O) groups is 1. The minimum absolute atomic E-state index is 0.183. The largest absolute Gasteiger partial charge is 0.385 e. The lowest BCUT2D eigenvalue weighted by Gasteiger charge is -2.09. The number of hydrogen-bond acceptors (Lipinski definition) is 4. The Balaban J connectivity index is 2.70. The van der Waals surface area contributed by atoms with E-state index < -0.39 is 10.0 Å². The van der Waals surface area contributed by atoms with Crippen molar-refractivity contribution in [1.29, 1.82) is 0 Å². The van der Waals surface area contributed by atoms with Gasteiger partial charge in [-0.25, -0.2) is 8.42 Å². The molecule has 0 aliphatic heterocycles. The van der Waals surface area contributed by atoms with Crippen molar-refractivity contribution >= 4 is 33.2 Å². The van der Waals surface area contributed by atoms with E-state index in [1.165, 1.54) is 18.2 Å². The van der Waals surface area contributed by atoms with Gasteiger partial charge in [0.05, 0.1) is 16.8 Å². The lowest BCUT2D eigenvalue weighted by molar-refractivity contribution is 0.0949. The van der Waals surface area contributed by atoms with E-state index in [0.29, 0.717) is 30.8 Å². The molecule has 1 rings (SSSR count). The van der Waals surface area contributed by atoms with Gasteiger partial charge in [-0.05, 0) is 24.6 Å². The molecule has 20 heavy (non-hydrogen) atoms. The zero-order valence-electron chi connectivity index (χ0n) is 11.3. The van der Waals surface area contributed by atoms with E-state index in [-0.39, 0.29) is 10.9 Å². The van der Waals surface area contributed by atoms with E-state index in [4.69, 9.17) is 16.3 Å². The molecule has 112 valence electrons. The Bertz CT molecular complexity index is 575. The number of sulfonamides is 1. The SMILES string of the molecule is COCCCNC(=O)c1ccc(NS(C)(=O)=O)cc1Cl. The number of halogens is 1. The summed E-state index contributed by atoms with van der Waals surface area (Å²) in [7, 11) is -1.78. The average molecular weight is 321 g/mol. The van der Waals surface area contributed by atoms with Crippen LogP contribution < -0.4 is 10.0 Å². The van der Waals surface area contributed by atoms with Crippen molar-refractivity contribution in [2.45, 2.75) is 6.42 Å². The molecule has 0 heterocycles. The highest BCUT2D eigenvalue weighted by atomic mass is 35.5. The molecule has 0 fully saturated rings. The molecule has 0 aromatic heterocycles. The Morgan fingerprint density at radius 2 is 2.10 bits per heavy atom. The zero-order valence-corrected chi connectivity index (χ0v) is 12.8. The zero-order chi connectivity index (χ0) is 15.2. The Labute approximate surface area is 123 Å². The monoisotopic (exact) mass is 320 g/mol. The summed E-state index contributed by atoms with van der Waals surface area (Å²) in [5.74, 6) is -0.308. The molecule has 0 saturated carbocycles. The first kappa shape index (κ1) is 16.7. The summed E-state index contributed by atoms with van der Waals surface area (Å²) in [5.41, 5.74) is 0.608. The topological polar surface area (TPSA) is 84.5 Å². The Kier molecular flexibility index (Phi) is 6.25. The van der Waals surface area contributed by atoms with Gasteiger partial charge in [0.2, 0.25) is 10.0 Å². The van der Waals surface area contributed by atoms with Gasteiger partial charge >= 0.3 is 0 Å². The molecule has 6 nitrogen and oxygen atoms in total. The van der Waals surface area contributed by atoms with Gasteiger partial charge in [0.25, 0.3) is 5.91 Å². The Morgan fingerprint density at radius 3 is 2.65 bits per heavy atom. The quantitative estimate of drug-likeness (QED) is 0.745. The number of amides is 1. The number of methoxy groups -OCH3 is 1. The van der Waals surface area contributed by atoms with Crippen molar-refractivity contribution in [3.8, 4) is 0 Å². The van der Waals surface area contributed by atoms with Crippen molar-refractivity contribution in [3.63, 3.8) is 0 Å². The first-order chi connectivity index (χ1) is 9.33. The van der Waals surface area contributed by atoms with E-state index >= 15 is 0 Å². The maximum Gasteiger partial charge on any atom is 0.252 e. The highest BCUT2D eigenvalue weighted by molar-refractivity contribution is 7.92. The van der Waals surface area contributed by atoms with Crippen molar-refractivity contribution in [1.82, 2.24) is 5.32 Å². The summed E-state index contributed by atoms with van der Waals surface area (Å²) in [5, 5.41) is 2.88. The molecular formula is C12H17ClN2O4S. The Hall–Kier alpha value is -1.31. The van der Waals surface area contributed by atoms with Gasteiger partial charge in [0.1, 0.15) is 0 Å². The van der Waals surface area contributed by atoms with E-state index in [2.05, 4.69) is 10.0 Å². The number of hydrogen-bond donors (Lipinski definition) is 2. The molecule has 0 radical (unpaired) electrons. The molecular weight excluding hydrogens is 304 g/mol. The number of carbonyl (C=O) groups excluding carboxylic acids is 1. The van der Waals surface area contributed by atoms with Crippen molar-refractivity contribution in [3.05, 3.63) is 28.8 Å². The minimum atomic E-state index is -3.37. The molecule has 0 spiro atoms. The molecule has 0 aliphatic carbocycles. The standard InChI is InChI=1S/C12H17ClN2O4S/c1-19-7-3-6-14-12(16)10-5-4-9(8-11(10)13)15-20(2,17)18/h4-5,8,15H,3,6-7H2,1-2H3,(H,14,16). The van der Waals surface area contributed by atoms with Crippen LogP contribution in [0.1, 0.15) is 16.8 Å². The van der Waals surface area contributed by atoms with Crippen molar-refractivity contribution in [2.24, 2.45) is 0 Å². The molecule has 0 aliphatic rings. The maximum absolute atomic E-state index is 11.9. The molecule has 0 saturated heterocycles. The number of benzene rings is 1. The van der Waals surface area contributed by atoms with Gasteiger partial charge < -0.3 is 10.1 Å². The number of ether oxygens (including phenoxy) is 1. The predicted octanol–water partition coefficient (Wildman–Crippen LogP) is 1.48. The fourth-order valence-electron chi connectivity index (χ4n) is 1.49. The van der Waals surface area contributed by atoms with Crippen LogP contribution >= 0.6 is 11.6 Å². The van der Waals surface area contributed by atoms with Crippen LogP contribution in [0.4, 0.5) is 5.69 Å². The average Bonchev–Trinajstić information content (AvgIpc) is 2.32. The third-order valence-corrected chi connectivity index (χ3v) is 3.25. The first-order valence-corrected chi connectivity index (χ1v) is 8.15. The molecule has 0 atom stereocenters. The van der Waals surface area contributed by atoms with Crippen molar-refractivity contribution < 1.29 is 17.9 Å². The summed E-state index contributed by atoms with van der Waals surface area (Å²) in [6.45, 7) is 1.04. The molecule has 2 N–H and O–H groups in total. The lowest BCUT2D eigenvalue weighted by Crippen LogP contribution is -2.25. The van der Waals surface area contributed by atoms with Gasteiger partial charge in [-0.1, -0.05) is 11.6 Å². The second kappa shape index (κ2) is 7.47. The van der Waals surface area contributed by atoms with Crippen LogP contribution in [0.3, 0.4) is 0 Å². The third-order valence-electron chi connectivity index (χ3n) is 2.33. The summed E-state index contributed by atoms with van der Waals surface area (Å²) in [6, 6.07) is 4.35. The number of anilines is 1. The smallest absolute Gasteiger partial charge is 0.252 e. The van der Waals surface area contributed by atoms with Crippen LogP contribution in [-0.2, 0) is 14.8 Å². The minimum Gasteiger partial charge on any atom is -0.385 e. The summed E-state index contributed by atoms with van der Waals surface area (Å²) >= 11 is 5.97.